The minimum Gasteiger partial charge on any atom is -0.381 e. The van der Waals surface area contributed by atoms with E-state index in [0.717, 1.165) is 47.2 Å². The van der Waals surface area contributed by atoms with Crippen LogP contribution in [-0.2, 0) is 67.7 Å². The van der Waals surface area contributed by atoms with Gasteiger partial charge in [-0.25, -0.2) is 8.78 Å². The van der Waals surface area contributed by atoms with Gasteiger partial charge in [0.2, 0.25) is 29.5 Å². The Hall–Kier alpha value is -7.39. The Morgan fingerprint density at radius 1 is 0.895 bits per heavy atom. The van der Waals surface area contributed by atoms with Crippen molar-refractivity contribution in [2.45, 2.75) is 115 Å². The van der Waals surface area contributed by atoms with Gasteiger partial charge in [-0.05, 0) is 97.5 Å². The highest BCUT2D eigenvalue weighted by Gasteiger charge is 2.37. The lowest BCUT2D eigenvalue weighted by Gasteiger charge is -2.33. The number of amides is 6. The average molecular weight is 1040 g/mol. The summed E-state index contributed by atoms with van der Waals surface area (Å²) in [4.78, 5) is 103. The highest BCUT2D eigenvalue weighted by Crippen LogP contribution is 2.45. The topological polar surface area (TPSA) is 205 Å². The minimum absolute atomic E-state index is 0.0190. The number of pyridine rings is 1. The number of piperidine rings is 2. The van der Waals surface area contributed by atoms with Gasteiger partial charge >= 0.3 is 0 Å². The lowest BCUT2D eigenvalue weighted by Crippen LogP contribution is -2.53. The number of aldehydes is 1. The summed E-state index contributed by atoms with van der Waals surface area (Å²) in [5.41, 5.74) is 7.06. The van der Waals surface area contributed by atoms with Gasteiger partial charge in [0.05, 0.1) is 30.2 Å². The van der Waals surface area contributed by atoms with E-state index in [-0.39, 0.29) is 72.4 Å². The fourth-order valence-corrected chi connectivity index (χ4v) is 12.2. The van der Waals surface area contributed by atoms with Gasteiger partial charge in [-0.15, -0.1) is 0 Å². The summed E-state index contributed by atoms with van der Waals surface area (Å²) in [6.45, 7) is 6.11. The molecule has 398 valence electrons. The number of fused-ring (bicyclic) bond motifs is 4. The predicted molar refractivity (Wildman–Crippen MR) is 274 cm³/mol. The number of carbonyl (C=O) groups is 7. The summed E-state index contributed by atoms with van der Waals surface area (Å²) in [6, 6.07) is 7.67. The van der Waals surface area contributed by atoms with Crippen LogP contribution in [0.3, 0.4) is 0 Å². The van der Waals surface area contributed by atoms with Crippen LogP contribution in [0.4, 0.5) is 20.3 Å². The van der Waals surface area contributed by atoms with Crippen molar-refractivity contribution in [3.8, 4) is 11.1 Å². The molecule has 2 N–H and O–H groups in total. The molecule has 1 atom stereocenters. The Balaban J connectivity index is 0.747. The number of hydrogen-bond donors (Lipinski definition) is 2. The number of benzene rings is 2. The lowest BCUT2D eigenvalue weighted by atomic mass is 9.91. The SMILES string of the molecule is CC(=O)N1CCc2c(c(N3CCCc4cc(-c5cn(CC(=O)NC6CCN(C(=O)CN7Cc8cc(C=O)c(C(=O)N(C)C9CCC(=O)NC9=O)cc8C7)CC6)c6ccncc56)c(C(F)F)cc43)nn2C2CCOCC2)C1. The summed E-state index contributed by atoms with van der Waals surface area (Å²) in [5, 5.41) is 11.3. The number of anilines is 2. The zero-order chi connectivity index (χ0) is 52.9. The van der Waals surface area contributed by atoms with E-state index in [2.05, 4.69) is 25.2 Å². The highest BCUT2D eigenvalue weighted by molar-refractivity contribution is 6.06. The predicted octanol–water partition coefficient (Wildman–Crippen LogP) is 4.99. The van der Waals surface area contributed by atoms with Crippen LogP contribution in [-0.4, -0.2) is 146 Å². The van der Waals surface area contributed by atoms with Crippen LogP contribution >= 0.6 is 0 Å². The number of imide groups is 1. The van der Waals surface area contributed by atoms with Crippen molar-refractivity contribution in [2.24, 2.45) is 0 Å². The largest absolute Gasteiger partial charge is 0.381 e. The number of hydrogen-bond acceptors (Lipinski definition) is 12. The van der Waals surface area contributed by atoms with Gasteiger partial charge in [0, 0.05) is 143 Å². The van der Waals surface area contributed by atoms with Crippen molar-refractivity contribution >= 4 is 64.1 Å². The van der Waals surface area contributed by atoms with Crippen molar-refractivity contribution < 1.29 is 47.1 Å². The van der Waals surface area contributed by atoms with Crippen molar-refractivity contribution in [1.82, 2.24) is 49.6 Å². The molecule has 21 heteroatoms. The number of aryl methyl sites for hydroxylation is 1. The molecule has 6 aliphatic heterocycles. The number of rotatable bonds is 12. The number of aromatic nitrogens is 4. The van der Waals surface area contributed by atoms with Gasteiger partial charge in [-0.2, -0.15) is 5.10 Å². The third kappa shape index (κ3) is 9.74. The molecule has 6 amide bonds. The molecule has 19 nitrogen and oxygen atoms in total. The number of halogens is 2. The van der Waals surface area contributed by atoms with Crippen LogP contribution < -0.4 is 15.5 Å². The zero-order valence-electron chi connectivity index (χ0n) is 42.7. The standard InChI is InChI=1S/C55H61F2N11O8/c1-32(70)65-17-10-46-44(28-65)53(61-68(46)38-11-18-76-19-12-38)67-14-3-4-33-21-40(41(52(56)57)23-48(33)67)43-27-66(45-7-13-58-24-42(43)45)29-50(72)59-37-8-15-64(16-9-37)51(73)30-63-25-34-20-36(31-69)39(22-35(34)26-63)55(75)62(2)47-5-6-49(71)60-54(47)74/h7,13,20-24,27,31,37-38,47,52H,3-6,8-12,14-19,25-26,28-30H2,1-2H3,(H,59,72)(H,60,71,74). The monoisotopic (exact) mass is 1040 g/mol. The summed E-state index contributed by atoms with van der Waals surface area (Å²) < 4.78 is 40.5. The van der Waals surface area contributed by atoms with E-state index >= 15 is 8.78 Å². The van der Waals surface area contributed by atoms with E-state index in [1.165, 1.54) is 11.9 Å². The van der Waals surface area contributed by atoms with Crippen LogP contribution in [0.1, 0.15) is 119 Å². The van der Waals surface area contributed by atoms with Gasteiger partial charge in [0.15, 0.2) is 12.1 Å². The Morgan fingerprint density at radius 2 is 1.67 bits per heavy atom. The maximum atomic E-state index is 15.5. The molecular formula is C55H61F2N11O8. The molecule has 0 aliphatic carbocycles. The van der Waals surface area contributed by atoms with Gasteiger partial charge in [0.1, 0.15) is 12.6 Å². The Kier molecular flexibility index (Phi) is 14.0. The second-order valence-corrected chi connectivity index (χ2v) is 21.0. The zero-order valence-corrected chi connectivity index (χ0v) is 42.7. The van der Waals surface area contributed by atoms with Crippen LogP contribution in [0.15, 0.2) is 48.9 Å². The van der Waals surface area contributed by atoms with E-state index < -0.39 is 30.2 Å². The molecular weight excluding hydrogens is 981 g/mol. The first kappa shape index (κ1) is 50.8. The summed E-state index contributed by atoms with van der Waals surface area (Å²) in [6.07, 6.45) is 7.92. The van der Waals surface area contributed by atoms with E-state index in [9.17, 15) is 33.6 Å². The van der Waals surface area contributed by atoms with Gasteiger partial charge in [0.25, 0.3) is 12.3 Å². The number of ether oxygens (including phenoxy) is 1. The minimum atomic E-state index is -2.82. The van der Waals surface area contributed by atoms with Gasteiger partial charge in [-0.1, -0.05) is 0 Å². The van der Waals surface area contributed by atoms with Crippen molar-refractivity contribution in [3.63, 3.8) is 0 Å². The van der Waals surface area contributed by atoms with Crippen LogP contribution in [0, 0.1) is 0 Å². The molecule has 1 unspecified atom stereocenters. The summed E-state index contributed by atoms with van der Waals surface area (Å²) in [5.74, 6) is -1.11. The van der Waals surface area contributed by atoms with Crippen LogP contribution in [0.25, 0.3) is 22.0 Å². The molecule has 9 heterocycles. The number of nitrogens with zero attached hydrogens (tertiary/aromatic N) is 9. The number of carbonyl (C=O) groups excluding carboxylic acids is 7. The second kappa shape index (κ2) is 21.0. The number of likely N-dealkylation sites (tertiary alicyclic amines) is 1. The Morgan fingerprint density at radius 3 is 2.41 bits per heavy atom. The maximum absolute atomic E-state index is 15.5. The molecule has 3 saturated heterocycles. The van der Waals surface area contributed by atoms with E-state index in [0.29, 0.717) is 125 Å². The molecule has 2 aromatic carbocycles. The number of likely N-dealkylation sites (N-methyl/N-ethyl adjacent to an activating group) is 1. The molecule has 11 rings (SSSR count). The fraction of sp³-hybridized carbons (Fsp3) is 0.473. The number of alkyl halides is 2. The van der Waals surface area contributed by atoms with Crippen LogP contribution in [0.5, 0.6) is 0 Å². The Labute approximate surface area is 437 Å². The van der Waals surface area contributed by atoms with Crippen molar-refractivity contribution in [2.75, 3.05) is 57.9 Å². The normalized spacial score (nSPS) is 19.4. The van der Waals surface area contributed by atoms with Crippen molar-refractivity contribution in [3.05, 3.63) is 93.6 Å². The van der Waals surface area contributed by atoms with E-state index in [1.54, 1.807) is 59.2 Å². The fourth-order valence-electron chi connectivity index (χ4n) is 12.2. The van der Waals surface area contributed by atoms with E-state index in [4.69, 9.17) is 9.84 Å². The first-order valence-corrected chi connectivity index (χ1v) is 26.3. The van der Waals surface area contributed by atoms with Crippen LogP contribution in [0.2, 0.25) is 0 Å². The third-order valence-corrected chi connectivity index (χ3v) is 16.3. The third-order valence-electron chi connectivity index (χ3n) is 16.3. The quantitative estimate of drug-likeness (QED) is 0.125. The molecule has 0 radical (unpaired) electrons. The second-order valence-electron chi connectivity index (χ2n) is 21.0. The summed E-state index contributed by atoms with van der Waals surface area (Å²) >= 11 is 0. The first-order chi connectivity index (χ1) is 36.7. The maximum Gasteiger partial charge on any atom is 0.264 e. The lowest BCUT2D eigenvalue weighted by molar-refractivity contribution is -0.137. The molecule has 0 spiro atoms. The van der Waals surface area contributed by atoms with Gasteiger partial charge < -0.3 is 34.2 Å². The summed E-state index contributed by atoms with van der Waals surface area (Å²) in [7, 11) is 1.48. The molecule has 3 aromatic heterocycles. The molecule has 5 aromatic rings. The molecule has 6 aliphatic rings. The van der Waals surface area contributed by atoms with Gasteiger partial charge in [-0.3, -0.25) is 53.4 Å². The molecule has 0 bridgehead atoms. The molecule has 0 saturated carbocycles. The smallest absolute Gasteiger partial charge is 0.264 e. The Bertz CT molecular complexity index is 3180. The molecule has 3 fully saturated rings. The highest BCUT2D eigenvalue weighted by atomic mass is 19.3. The van der Waals surface area contributed by atoms with Crippen molar-refractivity contribution in [1.29, 1.82) is 0 Å². The van der Waals surface area contributed by atoms with E-state index in [1.807, 2.05) is 15.9 Å². The average Bonchev–Trinajstić information content (AvgIpc) is 4.14. The number of nitrogens with one attached hydrogen (secondary N) is 2. The first-order valence-electron chi connectivity index (χ1n) is 26.3. The molecule has 76 heavy (non-hydrogen) atoms.